The summed E-state index contributed by atoms with van der Waals surface area (Å²) in [6.45, 7) is 8.15. The number of anilines is 1. The number of imidazole rings is 1. The molecule has 2 atom stereocenters. The van der Waals surface area contributed by atoms with Crippen molar-refractivity contribution in [3.63, 3.8) is 0 Å². The Balaban J connectivity index is 1.51. The zero-order valence-corrected chi connectivity index (χ0v) is 16.7. The summed E-state index contributed by atoms with van der Waals surface area (Å²) in [5.41, 5.74) is 4.25. The summed E-state index contributed by atoms with van der Waals surface area (Å²) in [5, 5.41) is 4.53. The third-order valence-corrected chi connectivity index (χ3v) is 5.37. The van der Waals surface area contributed by atoms with Crippen LogP contribution in [0, 0.1) is 12.7 Å². The third kappa shape index (κ3) is 3.31. The van der Waals surface area contributed by atoms with E-state index in [9.17, 15) is 4.39 Å². The summed E-state index contributed by atoms with van der Waals surface area (Å²) in [5.74, 6) is -0.359. The second-order valence-electron chi connectivity index (χ2n) is 8.00. The number of aryl methyl sites for hydroxylation is 1. The van der Waals surface area contributed by atoms with Crippen molar-refractivity contribution in [1.29, 1.82) is 0 Å². The Bertz CT molecular complexity index is 1210. The molecule has 5 heterocycles. The van der Waals surface area contributed by atoms with Gasteiger partial charge in [0.2, 0.25) is 0 Å². The summed E-state index contributed by atoms with van der Waals surface area (Å²) in [4.78, 5) is 15.8. The second-order valence-corrected chi connectivity index (χ2v) is 8.00. The Labute approximate surface area is 168 Å². The maximum atomic E-state index is 14.4. The molecule has 1 saturated heterocycles. The molecule has 0 unspecified atom stereocenters. The molecule has 0 aromatic carbocycles. The minimum atomic E-state index is -0.359. The van der Waals surface area contributed by atoms with Crippen LogP contribution in [0.3, 0.4) is 0 Å². The maximum absolute atomic E-state index is 14.4. The van der Waals surface area contributed by atoms with Crippen LogP contribution in [0.4, 0.5) is 10.1 Å². The lowest BCUT2D eigenvalue weighted by atomic mass is 10.1. The molecule has 148 valence electrons. The van der Waals surface area contributed by atoms with Gasteiger partial charge in [-0.25, -0.2) is 19.3 Å². The largest absolute Gasteiger partial charge is 0.367 e. The molecule has 0 amide bonds. The van der Waals surface area contributed by atoms with Gasteiger partial charge in [0.15, 0.2) is 17.1 Å². The van der Waals surface area contributed by atoms with Crippen LogP contribution >= 0.6 is 0 Å². The number of halogens is 1. The highest BCUT2D eigenvalue weighted by atomic mass is 19.1. The van der Waals surface area contributed by atoms with Crippen LogP contribution in [0.1, 0.15) is 19.5 Å². The molecule has 0 spiro atoms. The van der Waals surface area contributed by atoms with E-state index < -0.39 is 0 Å². The Kier molecular flexibility index (Phi) is 4.20. The van der Waals surface area contributed by atoms with Crippen LogP contribution in [0.25, 0.3) is 27.9 Å². The summed E-state index contributed by atoms with van der Waals surface area (Å²) < 4.78 is 16.1. The zero-order chi connectivity index (χ0) is 20.1. The highest BCUT2D eigenvalue weighted by Crippen LogP contribution is 2.25. The highest BCUT2D eigenvalue weighted by molar-refractivity contribution is 5.81. The number of hydrogen-bond donors (Lipinski definition) is 1. The lowest BCUT2D eigenvalue weighted by molar-refractivity contribution is 0.407. The van der Waals surface area contributed by atoms with Crippen LogP contribution in [-0.2, 0) is 0 Å². The monoisotopic (exact) mass is 390 g/mol. The van der Waals surface area contributed by atoms with Gasteiger partial charge in [-0.15, -0.1) is 0 Å². The summed E-state index contributed by atoms with van der Waals surface area (Å²) in [7, 11) is 0. The topological polar surface area (TPSA) is 58.4 Å². The minimum Gasteiger partial charge on any atom is -0.367 e. The fourth-order valence-electron chi connectivity index (χ4n) is 4.19. The molecule has 7 heteroatoms. The number of piperazine rings is 1. The first-order valence-corrected chi connectivity index (χ1v) is 9.89. The first-order valence-electron chi connectivity index (χ1n) is 9.89. The fourth-order valence-corrected chi connectivity index (χ4v) is 4.19. The third-order valence-electron chi connectivity index (χ3n) is 5.37. The average molecular weight is 390 g/mol. The van der Waals surface area contributed by atoms with Crippen molar-refractivity contribution in [3.05, 3.63) is 54.4 Å². The number of nitrogens with zero attached hydrogens (tertiary/aromatic N) is 5. The Morgan fingerprint density at radius 3 is 2.66 bits per heavy atom. The Morgan fingerprint density at radius 2 is 1.86 bits per heavy atom. The van der Waals surface area contributed by atoms with Crippen molar-refractivity contribution < 1.29 is 4.39 Å². The summed E-state index contributed by atoms with van der Waals surface area (Å²) in [6, 6.07) is 8.41. The van der Waals surface area contributed by atoms with E-state index in [2.05, 4.69) is 45.1 Å². The van der Waals surface area contributed by atoms with Crippen molar-refractivity contribution in [1.82, 2.24) is 24.7 Å². The number of pyridine rings is 3. The smallest absolute Gasteiger partial charge is 0.173 e. The van der Waals surface area contributed by atoms with Gasteiger partial charge in [-0.3, -0.25) is 0 Å². The van der Waals surface area contributed by atoms with Crippen molar-refractivity contribution >= 4 is 22.4 Å². The van der Waals surface area contributed by atoms with Gasteiger partial charge in [-0.1, -0.05) is 0 Å². The minimum absolute atomic E-state index is 0.328. The Hall–Kier alpha value is -3.06. The van der Waals surface area contributed by atoms with Gasteiger partial charge < -0.3 is 14.6 Å². The van der Waals surface area contributed by atoms with Gasteiger partial charge in [-0.2, -0.15) is 0 Å². The number of fused-ring (bicyclic) bond motifs is 2. The van der Waals surface area contributed by atoms with E-state index in [0.717, 1.165) is 29.9 Å². The molecule has 0 saturated carbocycles. The van der Waals surface area contributed by atoms with E-state index in [-0.39, 0.29) is 5.82 Å². The molecule has 1 fully saturated rings. The first kappa shape index (κ1) is 18.0. The molecule has 4 aromatic heterocycles. The molecule has 0 aliphatic carbocycles. The van der Waals surface area contributed by atoms with Crippen LogP contribution in [-0.4, -0.2) is 44.5 Å². The van der Waals surface area contributed by atoms with Crippen molar-refractivity contribution in [2.24, 2.45) is 0 Å². The van der Waals surface area contributed by atoms with E-state index in [4.69, 9.17) is 0 Å². The standard InChI is InChI=1S/C22H23FN6/c1-13-9-28(10-14(2)25-13)18-6-16-4-5-20(27-21(16)24-8-18)17-7-19(23)22-26-15(3)11-29(22)12-17/h4-8,11-14,25H,9-10H2,1-3H3/t13-,14-/m0/s1. The normalized spacial score (nSPS) is 19.9. The van der Waals surface area contributed by atoms with Gasteiger partial charge in [0.1, 0.15) is 0 Å². The van der Waals surface area contributed by atoms with E-state index in [1.165, 1.54) is 6.07 Å². The highest BCUT2D eigenvalue weighted by Gasteiger charge is 2.21. The lowest BCUT2D eigenvalue weighted by Crippen LogP contribution is -2.54. The molecule has 1 aliphatic rings. The van der Waals surface area contributed by atoms with Gasteiger partial charge >= 0.3 is 0 Å². The summed E-state index contributed by atoms with van der Waals surface area (Å²) in [6.07, 6.45) is 5.54. The van der Waals surface area contributed by atoms with Crippen LogP contribution < -0.4 is 10.2 Å². The zero-order valence-electron chi connectivity index (χ0n) is 16.7. The SMILES string of the molecule is Cc1cn2cc(-c3ccc4cc(N5C[C@H](C)N[C@@H](C)C5)cnc4n3)cc(F)c2n1. The lowest BCUT2D eigenvalue weighted by Gasteiger charge is -2.37. The van der Waals surface area contributed by atoms with Gasteiger partial charge in [0.25, 0.3) is 0 Å². The molecular weight excluding hydrogens is 367 g/mol. The molecule has 1 N–H and O–H groups in total. The maximum Gasteiger partial charge on any atom is 0.173 e. The molecule has 6 nitrogen and oxygen atoms in total. The number of rotatable bonds is 2. The number of aromatic nitrogens is 4. The number of hydrogen-bond acceptors (Lipinski definition) is 5. The molecule has 5 rings (SSSR count). The van der Waals surface area contributed by atoms with Gasteiger partial charge in [0, 0.05) is 48.5 Å². The number of nitrogens with one attached hydrogen (secondary N) is 1. The Morgan fingerprint density at radius 1 is 1.07 bits per heavy atom. The van der Waals surface area contributed by atoms with Gasteiger partial charge in [-0.05, 0) is 45.0 Å². The van der Waals surface area contributed by atoms with Crippen molar-refractivity contribution in [2.75, 3.05) is 18.0 Å². The van der Waals surface area contributed by atoms with Gasteiger partial charge in [0.05, 0.1) is 23.3 Å². The van der Waals surface area contributed by atoms with E-state index in [1.807, 2.05) is 37.6 Å². The molecule has 29 heavy (non-hydrogen) atoms. The van der Waals surface area contributed by atoms with Crippen molar-refractivity contribution in [2.45, 2.75) is 32.9 Å². The predicted octanol–water partition coefficient (Wildman–Crippen LogP) is 3.58. The van der Waals surface area contributed by atoms with Crippen LogP contribution in [0.5, 0.6) is 0 Å². The van der Waals surface area contributed by atoms with Crippen LogP contribution in [0.2, 0.25) is 0 Å². The van der Waals surface area contributed by atoms with E-state index >= 15 is 0 Å². The molecule has 1 aliphatic heterocycles. The first-order chi connectivity index (χ1) is 14.0. The van der Waals surface area contributed by atoms with E-state index in [0.29, 0.717) is 34.6 Å². The summed E-state index contributed by atoms with van der Waals surface area (Å²) >= 11 is 0. The predicted molar refractivity (Wildman–Crippen MR) is 113 cm³/mol. The molecule has 0 bridgehead atoms. The fraction of sp³-hybridized carbons (Fsp3) is 0.318. The molecular formula is C22H23FN6. The average Bonchev–Trinajstić information content (AvgIpc) is 3.07. The quantitative estimate of drug-likeness (QED) is 0.567. The van der Waals surface area contributed by atoms with Crippen molar-refractivity contribution in [3.8, 4) is 11.3 Å². The second kappa shape index (κ2) is 6.77. The molecule has 0 radical (unpaired) electrons. The molecule has 4 aromatic rings. The van der Waals surface area contributed by atoms with E-state index in [1.54, 1.807) is 4.40 Å². The van der Waals surface area contributed by atoms with Crippen LogP contribution in [0.15, 0.2) is 42.9 Å².